The molecule has 0 unspecified atom stereocenters. The fraction of sp³-hybridized carbons (Fsp3) is 0.625. The Balaban J connectivity index is 3.09. The molecule has 1 aromatic carbocycles. The van der Waals surface area contributed by atoms with Gasteiger partial charge in [0.25, 0.3) is 0 Å². The van der Waals surface area contributed by atoms with Crippen molar-refractivity contribution in [2.45, 2.75) is 53.7 Å². The van der Waals surface area contributed by atoms with Crippen LogP contribution >= 0.6 is 0 Å². The molecule has 0 aliphatic carbocycles. The van der Waals surface area contributed by atoms with Gasteiger partial charge in [0.1, 0.15) is 5.75 Å². The van der Waals surface area contributed by atoms with Crippen molar-refractivity contribution in [2.75, 3.05) is 17.2 Å². The number of para-hydroxylation sites is 1. The summed E-state index contributed by atoms with van der Waals surface area (Å²) < 4.78 is 5.77. The number of hydrogen-bond donors (Lipinski definition) is 1. The second-order valence-electron chi connectivity index (χ2n) is 6.00. The maximum Gasteiger partial charge on any atom is 0.144 e. The van der Waals surface area contributed by atoms with E-state index in [4.69, 9.17) is 10.5 Å². The van der Waals surface area contributed by atoms with Gasteiger partial charge in [-0.25, -0.2) is 0 Å². The fourth-order valence-corrected chi connectivity index (χ4v) is 2.12. The Morgan fingerprint density at radius 3 is 2.21 bits per heavy atom. The highest BCUT2D eigenvalue weighted by Crippen LogP contribution is 2.34. The molecular formula is C16H28N2O. The highest BCUT2D eigenvalue weighted by molar-refractivity contribution is 5.74. The van der Waals surface area contributed by atoms with Crippen LogP contribution < -0.4 is 15.4 Å². The van der Waals surface area contributed by atoms with Gasteiger partial charge in [0, 0.05) is 12.6 Å². The molecule has 0 spiro atoms. The molecule has 108 valence electrons. The van der Waals surface area contributed by atoms with Gasteiger partial charge in [-0.2, -0.15) is 0 Å². The second kappa shape index (κ2) is 6.69. The molecule has 0 saturated heterocycles. The molecule has 3 heteroatoms. The maximum atomic E-state index is 6.28. The first-order valence-electron chi connectivity index (χ1n) is 7.14. The van der Waals surface area contributed by atoms with Gasteiger partial charge < -0.3 is 15.4 Å². The van der Waals surface area contributed by atoms with E-state index in [-0.39, 0.29) is 6.10 Å². The Hall–Kier alpha value is -1.38. The van der Waals surface area contributed by atoms with Crippen molar-refractivity contribution in [2.24, 2.45) is 5.92 Å². The van der Waals surface area contributed by atoms with Gasteiger partial charge in [-0.3, -0.25) is 0 Å². The van der Waals surface area contributed by atoms with Crippen molar-refractivity contribution in [1.82, 2.24) is 0 Å². The molecule has 0 amide bonds. The predicted molar refractivity (Wildman–Crippen MR) is 83.9 cm³/mol. The minimum absolute atomic E-state index is 0.134. The first kappa shape index (κ1) is 15.7. The van der Waals surface area contributed by atoms with Crippen LogP contribution in [0.2, 0.25) is 0 Å². The zero-order chi connectivity index (χ0) is 14.6. The van der Waals surface area contributed by atoms with Crippen molar-refractivity contribution in [3.63, 3.8) is 0 Å². The Bertz CT molecular complexity index is 400. The third kappa shape index (κ3) is 4.34. The molecule has 1 rings (SSSR count). The average molecular weight is 264 g/mol. The molecule has 0 aliphatic heterocycles. The van der Waals surface area contributed by atoms with Gasteiger partial charge in [0.15, 0.2) is 0 Å². The summed E-state index contributed by atoms with van der Waals surface area (Å²) in [4.78, 5) is 2.34. The standard InChI is InChI=1S/C16H28N2O/c1-11(2)10-18(12(3)4)14-8-7-9-15(16(14)17)19-13(5)6/h7-9,11-13H,10,17H2,1-6H3. The summed E-state index contributed by atoms with van der Waals surface area (Å²) in [7, 11) is 0. The number of ether oxygens (including phenoxy) is 1. The molecule has 0 bridgehead atoms. The van der Waals surface area contributed by atoms with Gasteiger partial charge in [0.05, 0.1) is 17.5 Å². The molecular weight excluding hydrogens is 236 g/mol. The molecule has 0 atom stereocenters. The topological polar surface area (TPSA) is 38.5 Å². The van der Waals surface area contributed by atoms with Crippen LogP contribution in [0, 0.1) is 5.92 Å². The van der Waals surface area contributed by atoms with Gasteiger partial charge in [-0.05, 0) is 45.7 Å². The zero-order valence-corrected chi connectivity index (χ0v) is 13.1. The van der Waals surface area contributed by atoms with E-state index in [1.54, 1.807) is 0 Å². The smallest absolute Gasteiger partial charge is 0.144 e. The average Bonchev–Trinajstić information content (AvgIpc) is 2.28. The number of nitrogens with two attached hydrogens (primary N) is 1. The summed E-state index contributed by atoms with van der Waals surface area (Å²) in [6.07, 6.45) is 0.134. The number of rotatable bonds is 6. The SMILES string of the molecule is CC(C)CN(c1cccc(OC(C)C)c1N)C(C)C. The third-order valence-electron chi connectivity index (χ3n) is 2.90. The Morgan fingerprint density at radius 2 is 1.74 bits per heavy atom. The van der Waals surface area contributed by atoms with E-state index in [0.29, 0.717) is 12.0 Å². The number of benzene rings is 1. The monoisotopic (exact) mass is 264 g/mol. The van der Waals surface area contributed by atoms with Crippen LogP contribution in [0.3, 0.4) is 0 Å². The zero-order valence-electron chi connectivity index (χ0n) is 13.1. The van der Waals surface area contributed by atoms with Crippen LogP contribution in [0.5, 0.6) is 5.75 Å². The summed E-state index contributed by atoms with van der Waals surface area (Å²) in [6.45, 7) is 13.9. The van der Waals surface area contributed by atoms with Crippen LogP contribution in [-0.4, -0.2) is 18.7 Å². The van der Waals surface area contributed by atoms with Crippen molar-refractivity contribution < 1.29 is 4.74 Å². The Morgan fingerprint density at radius 1 is 1.11 bits per heavy atom. The van der Waals surface area contributed by atoms with E-state index in [9.17, 15) is 0 Å². The summed E-state index contributed by atoms with van der Waals surface area (Å²) >= 11 is 0. The van der Waals surface area contributed by atoms with E-state index < -0.39 is 0 Å². The van der Waals surface area contributed by atoms with Gasteiger partial charge in [-0.1, -0.05) is 19.9 Å². The van der Waals surface area contributed by atoms with Crippen LogP contribution in [0.15, 0.2) is 18.2 Å². The van der Waals surface area contributed by atoms with Gasteiger partial charge >= 0.3 is 0 Å². The minimum atomic E-state index is 0.134. The number of nitrogens with zero attached hydrogens (tertiary/aromatic N) is 1. The van der Waals surface area contributed by atoms with Crippen LogP contribution in [0.25, 0.3) is 0 Å². The van der Waals surface area contributed by atoms with E-state index in [1.165, 1.54) is 0 Å². The third-order valence-corrected chi connectivity index (χ3v) is 2.90. The number of hydrogen-bond acceptors (Lipinski definition) is 3. The van der Waals surface area contributed by atoms with E-state index >= 15 is 0 Å². The number of nitrogen functional groups attached to an aromatic ring is 1. The van der Waals surface area contributed by atoms with Crippen LogP contribution in [-0.2, 0) is 0 Å². The lowest BCUT2D eigenvalue weighted by Gasteiger charge is -2.32. The molecule has 0 saturated carbocycles. The molecule has 2 N–H and O–H groups in total. The first-order chi connectivity index (χ1) is 8.82. The molecule has 0 aliphatic rings. The highest BCUT2D eigenvalue weighted by atomic mass is 16.5. The fourth-order valence-electron chi connectivity index (χ4n) is 2.12. The highest BCUT2D eigenvalue weighted by Gasteiger charge is 2.17. The van der Waals surface area contributed by atoms with Crippen molar-refractivity contribution >= 4 is 11.4 Å². The lowest BCUT2D eigenvalue weighted by Crippen LogP contribution is -2.34. The van der Waals surface area contributed by atoms with Gasteiger partial charge in [0.2, 0.25) is 0 Å². The normalized spacial score (nSPS) is 11.4. The quantitative estimate of drug-likeness (QED) is 0.791. The maximum absolute atomic E-state index is 6.28. The molecule has 0 aromatic heterocycles. The summed E-state index contributed by atoms with van der Waals surface area (Å²) in [5.41, 5.74) is 8.09. The largest absolute Gasteiger partial charge is 0.489 e. The Labute approximate surface area is 117 Å². The molecule has 3 nitrogen and oxygen atoms in total. The molecule has 1 aromatic rings. The van der Waals surface area contributed by atoms with Crippen molar-refractivity contribution in [3.8, 4) is 5.75 Å². The summed E-state index contributed by atoms with van der Waals surface area (Å²) in [6, 6.07) is 6.44. The van der Waals surface area contributed by atoms with E-state index in [1.807, 2.05) is 26.0 Å². The van der Waals surface area contributed by atoms with E-state index in [2.05, 4.69) is 38.7 Å². The summed E-state index contributed by atoms with van der Waals surface area (Å²) in [5, 5.41) is 0. The second-order valence-corrected chi connectivity index (χ2v) is 6.00. The van der Waals surface area contributed by atoms with Crippen molar-refractivity contribution in [3.05, 3.63) is 18.2 Å². The van der Waals surface area contributed by atoms with Gasteiger partial charge in [-0.15, -0.1) is 0 Å². The molecule has 0 radical (unpaired) electrons. The lowest BCUT2D eigenvalue weighted by atomic mass is 10.1. The Kier molecular flexibility index (Phi) is 5.52. The predicted octanol–water partition coefficient (Wildman–Crippen LogP) is 3.93. The summed E-state index contributed by atoms with van der Waals surface area (Å²) in [5.74, 6) is 1.37. The lowest BCUT2D eigenvalue weighted by molar-refractivity contribution is 0.244. The van der Waals surface area contributed by atoms with E-state index in [0.717, 1.165) is 23.7 Å². The minimum Gasteiger partial charge on any atom is -0.489 e. The molecule has 19 heavy (non-hydrogen) atoms. The molecule has 0 fully saturated rings. The van der Waals surface area contributed by atoms with Crippen LogP contribution in [0.1, 0.15) is 41.5 Å². The van der Waals surface area contributed by atoms with Crippen LogP contribution in [0.4, 0.5) is 11.4 Å². The first-order valence-corrected chi connectivity index (χ1v) is 7.14. The number of anilines is 2. The van der Waals surface area contributed by atoms with Crippen molar-refractivity contribution in [1.29, 1.82) is 0 Å². The molecule has 0 heterocycles.